The molecule has 0 unspecified atom stereocenters. The van der Waals surface area contributed by atoms with Crippen LogP contribution >= 0.6 is 15.9 Å². The first-order valence-corrected chi connectivity index (χ1v) is 7.25. The maximum atomic E-state index is 5.73. The summed E-state index contributed by atoms with van der Waals surface area (Å²) in [5.41, 5.74) is 0. The molecule has 5 nitrogen and oxygen atoms in total. The van der Waals surface area contributed by atoms with Crippen molar-refractivity contribution in [3.05, 3.63) is 16.6 Å². The average Bonchev–Trinajstić information content (AvgIpc) is 2.87. The normalized spacial score (nSPS) is 21.9. The summed E-state index contributed by atoms with van der Waals surface area (Å²) in [6.07, 6.45) is 1.76. The number of ether oxygens (including phenoxy) is 3. The topological polar surface area (TPSA) is 43.8 Å². The SMILES string of the molecule is COc1cc(Br)cc(N2CCC3(CC2)OCCO3)n1. The van der Waals surface area contributed by atoms with E-state index in [0.29, 0.717) is 19.1 Å². The molecule has 0 N–H and O–H groups in total. The van der Waals surface area contributed by atoms with Crippen molar-refractivity contribution in [2.45, 2.75) is 18.6 Å². The molecular weight excluding hydrogens is 312 g/mol. The van der Waals surface area contributed by atoms with Gasteiger partial charge in [-0.15, -0.1) is 0 Å². The summed E-state index contributed by atoms with van der Waals surface area (Å²) in [6.45, 7) is 3.19. The summed E-state index contributed by atoms with van der Waals surface area (Å²) in [7, 11) is 1.63. The van der Waals surface area contributed by atoms with Gasteiger partial charge in [0.1, 0.15) is 5.82 Å². The molecule has 2 saturated heterocycles. The quantitative estimate of drug-likeness (QED) is 0.832. The second kappa shape index (κ2) is 5.26. The molecule has 19 heavy (non-hydrogen) atoms. The van der Waals surface area contributed by atoms with Crippen molar-refractivity contribution in [1.29, 1.82) is 0 Å². The minimum atomic E-state index is -0.341. The zero-order chi connectivity index (χ0) is 13.3. The van der Waals surface area contributed by atoms with E-state index in [-0.39, 0.29) is 5.79 Å². The fourth-order valence-electron chi connectivity index (χ4n) is 2.59. The lowest BCUT2D eigenvalue weighted by Gasteiger charge is -2.38. The molecule has 3 heterocycles. The highest BCUT2D eigenvalue weighted by Gasteiger charge is 2.40. The van der Waals surface area contributed by atoms with Gasteiger partial charge < -0.3 is 19.1 Å². The maximum Gasteiger partial charge on any atom is 0.216 e. The number of halogens is 1. The summed E-state index contributed by atoms with van der Waals surface area (Å²) in [4.78, 5) is 6.72. The molecule has 1 aromatic heterocycles. The van der Waals surface area contributed by atoms with E-state index in [1.54, 1.807) is 7.11 Å². The van der Waals surface area contributed by atoms with E-state index in [0.717, 1.165) is 36.2 Å². The molecule has 6 heteroatoms. The first-order valence-electron chi connectivity index (χ1n) is 6.45. The Balaban J connectivity index is 1.72. The van der Waals surface area contributed by atoms with Gasteiger partial charge in [0.25, 0.3) is 0 Å². The number of pyridine rings is 1. The van der Waals surface area contributed by atoms with Gasteiger partial charge in [-0.1, -0.05) is 15.9 Å². The molecule has 0 radical (unpaired) electrons. The van der Waals surface area contributed by atoms with Crippen molar-refractivity contribution in [2.24, 2.45) is 0 Å². The molecule has 0 saturated carbocycles. The Labute approximate surface area is 121 Å². The standard InChI is InChI=1S/C13H17BrN2O3/c1-17-12-9-10(14)8-11(15-12)16-4-2-13(3-5-16)18-6-7-19-13/h8-9H,2-7H2,1H3. The summed E-state index contributed by atoms with van der Waals surface area (Å²) in [6, 6.07) is 3.87. The van der Waals surface area contributed by atoms with E-state index >= 15 is 0 Å². The molecule has 0 aromatic carbocycles. The van der Waals surface area contributed by atoms with Gasteiger partial charge in [-0.2, -0.15) is 4.98 Å². The molecule has 0 aliphatic carbocycles. The first kappa shape index (κ1) is 13.1. The Morgan fingerprint density at radius 1 is 1.26 bits per heavy atom. The molecule has 2 aliphatic heterocycles. The molecule has 1 aromatic rings. The number of aromatic nitrogens is 1. The van der Waals surface area contributed by atoms with Crippen LogP contribution in [0.1, 0.15) is 12.8 Å². The van der Waals surface area contributed by atoms with Gasteiger partial charge in [0.05, 0.1) is 20.3 Å². The summed E-state index contributed by atoms with van der Waals surface area (Å²) < 4.78 is 17.6. The third-order valence-electron chi connectivity index (χ3n) is 3.63. The lowest BCUT2D eigenvalue weighted by molar-refractivity contribution is -0.169. The number of nitrogens with zero attached hydrogens (tertiary/aromatic N) is 2. The van der Waals surface area contributed by atoms with Crippen LogP contribution in [0.3, 0.4) is 0 Å². The fourth-order valence-corrected chi connectivity index (χ4v) is 2.99. The average molecular weight is 329 g/mol. The molecular formula is C13H17BrN2O3. The highest BCUT2D eigenvalue weighted by Crippen LogP contribution is 2.33. The Bertz CT molecular complexity index is 453. The second-order valence-corrected chi connectivity index (χ2v) is 5.70. The first-order chi connectivity index (χ1) is 9.21. The molecule has 2 fully saturated rings. The van der Waals surface area contributed by atoms with Crippen LogP contribution in [0.25, 0.3) is 0 Å². The van der Waals surface area contributed by atoms with Crippen LogP contribution < -0.4 is 9.64 Å². The van der Waals surface area contributed by atoms with Crippen LogP contribution in [-0.2, 0) is 9.47 Å². The van der Waals surface area contributed by atoms with Gasteiger partial charge in [0.2, 0.25) is 5.88 Å². The van der Waals surface area contributed by atoms with Crippen LogP contribution in [0.2, 0.25) is 0 Å². The summed E-state index contributed by atoms with van der Waals surface area (Å²) in [5.74, 6) is 1.21. The molecule has 0 bridgehead atoms. The van der Waals surface area contributed by atoms with E-state index in [2.05, 4.69) is 25.8 Å². The van der Waals surface area contributed by atoms with Crippen LogP contribution in [0.4, 0.5) is 5.82 Å². The zero-order valence-corrected chi connectivity index (χ0v) is 12.5. The molecule has 0 amide bonds. The van der Waals surface area contributed by atoms with Gasteiger partial charge in [-0.3, -0.25) is 0 Å². The Morgan fingerprint density at radius 3 is 2.58 bits per heavy atom. The van der Waals surface area contributed by atoms with Gasteiger partial charge in [0.15, 0.2) is 5.79 Å². The van der Waals surface area contributed by atoms with Crippen LogP contribution in [0.5, 0.6) is 5.88 Å². The zero-order valence-electron chi connectivity index (χ0n) is 10.9. The fraction of sp³-hybridized carbons (Fsp3) is 0.615. The minimum Gasteiger partial charge on any atom is -0.481 e. The second-order valence-electron chi connectivity index (χ2n) is 4.78. The third-order valence-corrected chi connectivity index (χ3v) is 4.08. The molecule has 3 rings (SSSR count). The van der Waals surface area contributed by atoms with E-state index in [9.17, 15) is 0 Å². The van der Waals surface area contributed by atoms with E-state index < -0.39 is 0 Å². The molecule has 104 valence electrons. The van der Waals surface area contributed by atoms with E-state index in [4.69, 9.17) is 14.2 Å². The van der Waals surface area contributed by atoms with Crippen LogP contribution in [0, 0.1) is 0 Å². The van der Waals surface area contributed by atoms with Crippen LogP contribution in [0.15, 0.2) is 16.6 Å². The number of hydrogen-bond donors (Lipinski definition) is 0. The lowest BCUT2D eigenvalue weighted by atomic mass is 10.0. The smallest absolute Gasteiger partial charge is 0.216 e. The Hall–Kier alpha value is -0.850. The van der Waals surface area contributed by atoms with E-state index in [1.165, 1.54) is 0 Å². The Kier molecular flexibility index (Phi) is 3.64. The van der Waals surface area contributed by atoms with Crippen molar-refractivity contribution >= 4 is 21.7 Å². The molecule has 2 aliphatic rings. The monoisotopic (exact) mass is 328 g/mol. The third kappa shape index (κ3) is 2.70. The van der Waals surface area contributed by atoms with Crippen molar-refractivity contribution in [3.63, 3.8) is 0 Å². The number of methoxy groups -OCH3 is 1. The number of piperidine rings is 1. The predicted octanol–water partition coefficient (Wildman–Crippen LogP) is 2.20. The predicted molar refractivity (Wildman–Crippen MR) is 74.6 cm³/mol. The summed E-state index contributed by atoms with van der Waals surface area (Å²) in [5, 5.41) is 0. The maximum absolute atomic E-state index is 5.73. The largest absolute Gasteiger partial charge is 0.481 e. The highest BCUT2D eigenvalue weighted by molar-refractivity contribution is 9.10. The lowest BCUT2D eigenvalue weighted by Crippen LogP contribution is -2.45. The van der Waals surface area contributed by atoms with Crippen molar-refractivity contribution in [1.82, 2.24) is 4.98 Å². The number of rotatable bonds is 2. The van der Waals surface area contributed by atoms with Gasteiger partial charge in [-0.05, 0) is 6.07 Å². The van der Waals surface area contributed by atoms with Gasteiger partial charge >= 0.3 is 0 Å². The van der Waals surface area contributed by atoms with Crippen LogP contribution in [-0.4, -0.2) is 44.2 Å². The van der Waals surface area contributed by atoms with Crippen molar-refractivity contribution in [2.75, 3.05) is 38.3 Å². The van der Waals surface area contributed by atoms with Gasteiger partial charge in [-0.25, -0.2) is 0 Å². The Morgan fingerprint density at radius 2 is 1.95 bits per heavy atom. The van der Waals surface area contributed by atoms with Gasteiger partial charge in [0, 0.05) is 36.5 Å². The highest BCUT2D eigenvalue weighted by atomic mass is 79.9. The summed E-state index contributed by atoms with van der Waals surface area (Å²) >= 11 is 3.48. The van der Waals surface area contributed by atoms with Crippen molar-refractivity contribution in [3.8, 4) is 5.88 Å². The number of hydrogen-bond acceptors (Lipinski definition) is 5. The van der Waals surface area contributed by atoms with E-state index in [1.807, 2.05) is 12.1 Å². The molecule has 0 atom stereocenters. The minimum absolute atomic E-state index is 0.341. The number of anilines is 1. The molecule has 1 spiro atoms. The van der Waals surface area contributed by atoms with Crippen molar-refractivity contribution < 1.29 is 14.2 Å².